The van der Waals surface area contributed by atoms with E-state index < -0.39 is 0 Å². The number of hydrogen-bond donors (Lipinski definition) is 0. The van der Waals surface area contributed by atoms with Gasteiger partial charge in [0.25, 0.3) is 5.56 Å². The number of likely N-dealkylation sites (tertiary alicyclic amines) is 1. The Labute approximate surface area is 145 Å². The molecule has 1 atom stereocenters. The van der Waals surface area contributed by atoms with E-state index in [1.165, 1.54) is 27.8 Å². The van der Waals surface area contributed by atoms with Crippen LogP contribution >= 0.6 is 11.3 Å². The van der Waals surface area contributed by atoms with Crippen molar-refractivity contribution in [2.75, 3.05) is 13.1 Å². The molecule has 0 spiro atoms. The number of aryl methyl sites for hydroxylation is 2. The molecular formula is C18H23N3O2S. The van der Waals surface area contributed by atoms with Gasteiger partial charge in [-0.3, -0.25) is 14.2 Å². The van der Waals surface area contributed by atoms with Gasteiger partial charge in [-0.2, -0.15) is 0 Å². The van der Waals surface area contributed by atoms with E-state index in [1.54, 1.807) is 17.7 Å². The van der Waals surface area contributed by atoms with Crippen molar-refractivity contribution >= 4 is 27.5 Å². The number of hydrogen-bond acceptors (Lipinski definition) is 4. The standard InChI is InChI=1S/C18H23N3O2S/c1-12-5-4-8-20(9-12)15(22)10-21-11-19-17-16(18(21)23)13-6-2-3-7-14(13)24-17/h11-12H,2-10H2,1H3/t12-/m0/s1. The van der Waals surface area contributed by atoms with Crippen LogP contribution < -0.4 is 5.56 Å². The van der Waals surface area contributed by atoms with Crippen molar-refractivity contribution in [1.82, 2.24) is 14.5 Å². The lowest BCUT2D eigenvalue weighted by Crippen LogP contribution is -2.42. The van der Waals surface area contributed by atoms with Crippen molar-refractivity contribution in [3.63, 3.8) is 0 Å². The lowest BCUT2D eigenvalue weighted by atomic mass is 9.97. The maximum Gasteiger partial charge on any atom is 0.262 e. The van der Waals surface area contributed by atoms with E-state index in [-0.39, 0.29) is 18.0 Å². The highest BCUT2D eigenvalue weighted by Gasteiger charge is 2.23. The fraction of sp³-hybridized carbons (Fsp3) is 0.611. The lowest BCUT2D eigenvalue weighted by molar-refractivity contribution is -0.133. The first kappa shape index (κ1) is 15.8. The van der Waals surface area contributed by atoms with E-state index >= 15 is 0 Å². The van der Waals surface area contributed by atoms with Crippen LogP contribution in [-0.4, -0.2) is 33.4 Å². The molecule has 24 heavy (non-hydrogen) atoms. The first-order valence-electron chi connectivity index (χ1n) is 8.91. The molecule has 2 aliphatic rings. The molecule has 0 N–H and O–H groups in total. The molecule has 1 saturated heterocycles. The van der Waals surface area contributed by atoms with Crippen LogP contribution in [0.2, 0.25) is 0 Å². The SMILES string of the molecule is C[C@H]1CCCN(C(=O)Cn2cnc3sc4c(c3c2=O)CCCC4)C1. The number of thiophene rings is 1. The highest BCUT2D eigenvalue weighted by molar-refractivity contribution is 7.18. The Balaban J connectivity index is 1.64. The Hall–Kier alpha value is -1.69. The number of carbonyl (C=O) groups is 1. The molecule has 0 saturated carbocycles. The average molecular weight is 345 g/mol. The fourth-order valence-corrected chi connectivity index (χ4v) is 5.17. The molecule has 1 amide bonds. The van der Waals surface area contributed by atoms with Gasteiger partial charge in [0.1, 0.15) is 11.4 Å². The number of fused-ring (bicyclic) bond motifs is 3. The van der Waals surface area contributed by atoms with Crippen LogP contribution in [0, 0.1) is 5.92 Å². The third kappa shape index (κ3) is 2.77. The first-order valence-corrected chi connectivity index (χ1v) is 9.72. The summed E-state index contributed by atoms with van der Waals surface area (Å²) in [7, 11) is 0. The second-order valence-electron chi connectivity index (χ2n) is 7.16. The maximum absolute atomic E-state index is 12.9. The molecule has 3 heterocycles. The van der Waals surface area contributed by atoms with Crippen molar-refractivity contribution in [3.8, 4) is 0 Å². The van der Waals surface area contributed by atoms with Gasteiger partial charge in [0, 0.05) is 18.0 Å². The van der Waals surface area contributed by atoms with Crippen LogP contribution in [0.25, 0.3) is 10.2 Å². The second kappa shape index (κ2) is 6.31. The summed E-state index contributed by atoms with van der Waals surface area (Å²) in [6.07, 6.45) is 8.14. The normalized spacial score (nSPS) is 21.0. The Kier molecular flexibility index (Phi) is 4.16. The third-order valence-corrected chi connectivity index (χ3v) is 6.46. The largest absolute Gasteiger partial charge is 0.341 e. The zero-order valence-electron chi connectivity index (χ0n) is 14.1. The van der Waals surface area contributed by atoms with Crippen molar-refractivity contribution in [2.45, 2.75) is 52.0 Å². The quantitative estimate of drug-likeness (QED) is 0.841. The molecule has 4 rings (SSSR count). The smallest absolute Gasteiger partial charge is 0.262 e. The van der Waals surface area contributed by atoms with Gasteiger partial charge in [-0.1, -0.05) is 6.92 Å². The topological polar surface area (TPSA) is 55.2 Å². The van der Waals surface area contributed by atoms with E-state index in [1.807, 2.05) is 4.90 Å². The summed E-state index contributed by atoms with van der Waals surface area (Å²) in [5, 5.41) is 0.761. The minimum Gasteiger partial charge on any atom is -0.341 e. The number of piperidine rings is 1. The third-order valence-electron chi connectivity index (χ3n) is 5.26. The van der Waals surface area contributed by atoms with Gasteiger partial charge in [0.05, 0.1) is 11.7 Å². The number of nitrogens with zero attached hydrogens (tertiary/aromatic N) is 3. The Morgan fingerprint density at radius 2 is 2.17 bits per heavy atom. The molecule has 2 aromatic rings. The molecule has 1 aliphatic carbocycles. The van der Waals surface area contributed by atoms with E-state index in [2.05, 4.69) is 11.9 Å². The molecule has 5 nitrogen and oxygen atoms in total. The monoisotopic (exact) mass is 345 g/mol. The average Bonchev–Trinajstić information content (AvgIpc) is 2.96. The molecule has 0 unspecified atom stereocenters. The summed E-state index contributed by atoms with van der Waals surface area (Å²) in [4.78, 5) is 34.0. The fourth-order valence-electron chi connectivity index (χ4n) is 3.96. The van der Waals surface area contributed by atoms with Crippen LogP contribution in [-0.2, 0) is 24.2 Å². The molecule has 1 fully saturated rings. The summed E-state index contributed by atoms with van der Waals surface area (Å²) in [5.41, 5.74) is 1.14. The number of carbonyl (C=O) groups excluding carboxylic acids is 1. The summed E-state index contributed by atoms with van der Waals surface area (Å²) in [6.45, 7) is 3.90. The van der Waals surface area contributed by atoms with Crippen molar-refractivity contribution in [3.05, 3.63) is 27.1 Å². The van der Waals surface area contributed by atoms with Gasteiger partial charge in [-0.25, -0.2) is 4.98 Å². The molecule has 1 aliphatic heterocycles. The van der Waals surface area contributed by atoms with Gasteiger partial charge in [-0.05, 0) is 50.0 Å². The number of rotatable bonds is 2. The van der Waals surface area contributed by atoms with Crippen LogP contribution in [0.3, 0.4) is 0 Å². The van der Waals surface area contributed by atoms with Crippen LogP contribution in [0.5, 0.6) is 0 Å². The van der Waals surface area contributed by atoms with Crippen LogP contribution in [0.15, 0.2) is 11.1 Å². The van der Waals surface area contributed by atoms with Crippen LogP contribution in [0.4, 0.5) is 0 Å². The first-order chi connectivity index (χ1) is 11.6. The minimum absolute atomic E-state index is 0.0360. The Bertz CT molecular complexity index is 839. The number of aromatic nitrogens is 2. The zero-order valence-corrected chi connectivity index (χ0v) is 14.9. The Morgan fingerprint density at radius 3 is 3.00 bits per heavy atom. The van der Waals surface area contributed by atoms with E-state index in [0.29, 0.717) is 5.92 Å². The van der Waals surface area contributed by atoms with E-state index in [9.17, 15) is 9.59 Å². The Morgan fingerprint density at radius 1 is 1.33 bits per heavy atom. The van der Waals surface area contributed by atoms with E-state index in [4.69, 9.17) is 0 Å². The predicted octanol–water partition coefficient (Wildman–Crippen LogP) is 2.60. The van der Waals surface area contributed by atoms with Crippen molar-refractivity contribution < 1.29 is 4.79 Å². The summed E-state index contributed by atoms with van der Waals surface area (Å²) in [6, 6.07) is 0. The molecule has 128 valence electrons. The zero-order chi connectivity index (χ0) is 16.7. The molecular weight excluding hydrogens is 322 g/mol. The summed E-state index contributed by atoms with van der Waals surface area (Å²) in [5.74, 6) is 0.581. The van der Waals surface area contributed by atoms with Gasteiger partial charge in [-0.15, -0.1) is 11.3 Å². The molecule has 2 aromatic heterocycles. The molecule has 0 radical (unpaired) electrons. The maximum atomic E-state index is 12.9. The molecule has 0 bridgehead atoms. The minimum atomic E-state index is -0.0437. The highest BCUT2D eigenvalue weighted by atomic mass is 32.1. The van der Waals surface area contributed by atoms with Gasteiger partial charge in [0.2, 0.25) is 5.91 Å². The second-order valence-corrected chi connectivity index (χ2v) is 8.24. The molecule has 6 heteroatoms. The van der Waals surface area contributed by atoms with E-state index in [0.717, 1.165) is 49.0 Å². The van der Waals surface area contributed by atoms with Gasteiger partial charge < -0.3 is 4.90 Å². The van der Waals surface area contributed by atoms with Crippen molar-refractivity contribution in [2.24, 2.45) is 5.92 Å². The van der Waals surface area contributed by atoms with Gasteiger partial charge in [0.15, 0.2) is 0 Å². The highest BCUT2D eigenvalue weighted by Crippen LogP contribution is 2.33. The summed E-state index contributed by atoms with van der Waals surface area (Å²) >= 11 is 1.65. The summed E-state index contributed by atoms with van der Waals surface area (Å²) < 4.78 is 1.51. The molecule has 0 aromatic carbocycles. The van der Waals surface area contributed by atoms with Gasteiger partial charge >= 0.3 is 0 Å². The number of amides is 1. The van der Waals surface area contributed by atoms with Crippen LogP contribution in [0.1, 0.15) is 43.0 Å². The lowest BCUT2D eigenvalue weighted by Gasteiger charge is -2.31. The predicted molar refractivity (Wildman–Crippen MR) is 95.5 cm³/mol. The van der Waals surface area contributed by atoms with Crippen molar-refractivity contribution in [1.29, 1.82) is 0 Å².